The predicted octanol–water partition coefficient (Wildman–Crippen LogP) is 3.00. The summed E-state index contributed by atoms with van der Waals surface area (Å²) in [6, 6.07) is 7.66. The summed E-state index contributed by atoms with van der Waals surface area (Å²) >= 11 is 0. The SMILES string of the molecule is CCC1OCCC1C(=O)C(C#N)c1ccc(C)c(OC)c1. The molecule has 1 aliphatic heterocycles. The zero-order valence-corrected chi connectivity index (χ0v) is 12.8. The van der Waals surface area contributed by atoms with E-state index in [1.807, 2.05) is 26.0 Å². The number of methoxy groups -OCH3 is 1. The molecule has 0 radical (unpaired) electrons. The summed E-state index contributed by atoms with van der Waals surface area (Å²) in [6.45, 7) is 4.54. The van der Waals surface area contributed by atoms with Gasteiger partial charge in [0.05, 0.1) is 19.3 Å². The number of benzene rings is 1. The van der Waals surface area contributed by atoms with Gasteiger partial charge in [0.15, 0.2) is 5.78 Å². The normalized spacial score (nSPS) is 22.6. The summed E-state index contributed by atoms with van der Waals surface area (Å²) in [5, 5.41) is 9.45. The summed E-state index contributed by atoms with van der Waals surface area (Å²) in [5.41, 5.74) is 1.69. The number of nitriles is 1. The van der Waals surface area contributed by atoms with Gasteiger partial charge in [0.1, 0.15) is 11.7 Å². The Morgan fingerprint density at radius 3 is 2.95 bits per heavy atom. The minimum Gasteiger partial charge on any atom is -0.496 e. The Hall–Kier alpha value is -1.86. The number of carbonyl (C=O) groups is 1. The van der Waals surface area contributed by atoms with Gasteiger partial charge in [-0.3, -0.25) is 4.79 Å². The lowest BCUT2D eigenvalue weighted by molar-refractivity contribution is -0.124. The van der Waals surface area contributed by atoms with E-state index in [9.17, 15) is 10.1 Å². The molecule has 1 aromatic rings. The molecule has 1 heterocycles. The van der Waals surface area contributed by atoms with Crippen molar-refractivity contribution in [1.82, 2.24) is 0 Å². The Balaban J connectivity index is 2.27. The minimum atomic E-state index is -0.750. The van der Waals surface area contributed by atoms with Crippen LogP contribution in [-0.2, 0) is 9.53 Å². The molecule has 2 rings (SSSR count). The van der Waals surface area contributed by atoms with E-state index in [4.69, 9.17) is 9.47 Å². The fourth-order valence-corrected chi connectivity index (χ4v) is 2.91. The molecule has 0 aromatic heterocycles. The zero-order chi connectivity index (χ0) is 15.4. The molecule has 0 spiro atoms. The van der Waals surface area contributed by atoms with Crippen LogP contribution in [0.25, 0.3) is 0 Å². The highest BCUT2D eigenvalue weighted by Gasteiger charge is 2.37. The van der Waals surface area contributed by atoms with Crippen molar-refractivity contribution in [3.8, 4) is 11.8 Å². The van der Waals surface area contributed by atoms with Crippen LogP contribution in [0.3, 0.4) is 0 Å². The minimum absolute atomic E-state index is 0.0345. The van der Waals surface area contributed by atoms with Gasteiger partial charge in [-0.2, -0.15) is 5.26 Å². The largest absolute Gasteiger partial charge is 0.496 e. The number of ether oxygens (including phenoxy) is 2. The average Bonchev–Trinajstić information content (AvgIpc) is 2.97. The second kappa shape index (κ2) is 6.73. The van der Waals surface area contributed by atoms with E-state index in [1.165, 1.54) is 0 Å². The topological polar surface area (TPSA) is 59.3 Å². The monoisotopic (exact) mass is 287 g/mol. The van der Waals surface area contributed by atoms with Gasteiger partial charge in [0, 0.05) is 12.5 Å². The molecule has 0 saturated carbocycles. The van der Waals surface area contributed by atoms with Crippen LogP contribution in [0.1, 0.15) is 36.8 Å². The van der Waals surface area contributed by atoms with Gasteiger partial charge in [-0.25, -0.2) is 0 Å². The van der Waals surface area contributed by atoms with Crippen molar-refractivity contribution in [2.75, 3.05) is 13.7 Å². The van der Waals surface area contributed by atoms with Crippen molar-refractivity contribution in [3.05, 3.63) is 29.3 Å². The third-order valence-corrected chi connectivity index (χ3v) is 4.16. The molecule has 4 nitrogen and oxygen atoms in total. The van der Waals surface area contributed by atoms with Crippen molar-refractivity contribution in [2.45, 2.75) is 38.7 Å². The number of hydrogen-bond acceptors (Lipinski definition) is 4. The first-order chi connectivity index (χ1) is 10.1. The maximum atomic E-state index is 12.7. The van der Waals surface area contributed by atoms with Gasteiger partial charge in [0.25, 0.3) is 0 Å². The highest BCUT2D eigenvalue weighted by atomic mass is 16.5. The molecule has 1 saturated heterocycles. The van der Waals surface area contributed by atoms with Crippen LogP contribution in [0.15, 0.2) is 18.2 Å². The van der Waals surface area contributed by atoms with Crippen LogP contribution in [0.2, 0.25) is 0 Å². The predicted molar refractivity (Wildman–Crippen MR) is 79.2 cm³/mol. The maximum Gasteiger partial charge on any atom is 0.160 e. The third-order valence-electron chi connectivity index (χ3n) is 4.16. The molecule has 112 valence electrons. The van der Waals surface area contributed by atoms with Crippen molar-refractivity contribution in [1.29, 1.82) is 5.26 Å². The fraction of sp³-hybridized carbons (Fsp3) is 0.529. The van der Waals surface area contributed by atoms with E-state index in [-0.39, 0.29) is 17.8 Å². The Bertz CT molecular complexity index is 562. The molecule has 0 bridgehead atoms. The molecule has 1 fully saturated rings. The standard InChI is InChI=1S/C17H21NO3/c1-4-15-13(7-8-21-15)17(19)14(10-18)12-6-5-11(2)16(9-12)20-3/h5-6,9,13-15H,4,7-8H2,1-3H3. The lowest BCUT2D eigenvalue weighted by atomic mass is 9.84. The summed E-state index contributed by atoms with van der Waals surface area (Å²) in [5.74, 6) is -0.254. The number of rotatable bonds is 5. The first-order valence-corrected chi connectivity index (χ1v) is 7.31. The fourth-order valence-electron chi connectivity index (χ4n) is 2.91. The van der Waals surface area contributed by atoms with Gasteiger partial charge in [0.2, 0.25) is 0 Å². The third kappa shape index (κ3) is 3.08. The van der Waals surface area contributed by atoms with Gasteiger partial charge in [-0.05, 0) is 37.0 Å². The molecule has 0 amide bonds. The van der Waals surface area contributed by atoms with Crippen LogP contribution < -0.4 is 4.74 Å². The number of carbonyl (C=O) groups excluding carboxylic acids is 1. The summed E-state index contributed by atoms with van der Waals surface area (Å²) < 4.78 is 10.9. The number of aryl methyl sites for hydroxylation is 1. The van der Waals surface area contributed by atoms with E-state index in [2.05, 4.69) is 6.07 Å². The molecule has 21 heavy (non-hydrogen) atoms. The lowest BCUT2D eigenvalue weighted by Gasteiger charge is -2.19. The van der Waals surface area contributed by atoms with Crippen LogP contribution in [-0.4, -0.2) is 25.6 Å². The van der Waals surface area contributed by atoms with Gasteiger partial charge >= 0.3 is 0 Å². The van der Waals surface area contributed by atoms with E-state index in [0.717, 1.165) is 12.0 Å². The molecule has 0 N–H and O–H groups in total. The second-order valence-corrected chi connectivity index (χ2v) is 5.41. The second-order valence-electron chi connectivity index (χ2n) is 5.41. The first kappa shape index (κ1) is 15.5. The zero-order valence-electron chi connectivity index (χ0n) is 12.8. The van der Waals surface area contributed by atoms with E-state index >= 15 is 0 Å². The quantitative estimate of drug-likeness (QED) is 0.835. The van der Waals surface area contributed by atoms with E-state index < -0.39 is 5.92 Å². The summed E-state index contributed by atoms with van der Waals surface area (Å²) in [4.78, 5) is 12.7. The molecule has 4 heteroatoms. The van der Waals surface area contributed by atoms with Crippen LogP contribution in [0, 0.1) is 24.2 Å². The Morgan fingerprint density at radius 1 is 1.57 bits per heavy atom. The summed E-state index contributed by atoms with van der Waals surface area (Å²) in [7, 11) is 1.59. The van der Waals surface area contributed by atoms with E-state index in [1.54, 1.807) is 13.2 Å². The van der Waals surface area contributed by atoms with Crippen LogP contribution >= 0.6 is 0 Å². The van der Waals surface area contributed by atoms with Crippen LogP contribution in [0.4, 0.5) is 0 Å². The number of nitrogens with zero attached hydrogens (tertiary/aromatic N) is 1. The highest BCUT2D eigenvalue weighted by molar-refractivity contribution is 5.91. The molecule has 1 aliphatic rings. The Morgan fingerprint density at radius 2 is 2.33 bits per heavy atom. The average molecular weight is 287 g/mol. The van der Waals surface area contributed by atoms with Crippen molar-refractivity contribution >= 4 is 5.78 Å². The number of hydrogen-bond donors (Lipinski definition) is 0. The smallest absolute Gasteiger partial charge is 0.160 e. The maximum absolute atomic E-state index is 12.7. The number of ketones is 1. The van der Waals surface area contributed by atoms with Gasteiger partial charge in [-0.15, -0.1) is 0 Å². The molecule has 3 unspecified atom stereocenters. The highest BCUT2D eigenvalue weighted by Crippen LogP contribution is 2.32. The summed E-state index contributed by atoms with van der Waals surface area (Å²) in [6.07, 6.45) is 1.45. The lowest BCUT2D eigenvalue weighted by Crippen LogP contribution is -2.28. The molecule has 0 aliphatic carbocycles. The first-order valence-electron chi connectivity index (χ1n) is 7.31. The van der Waals surface area contributed by atoms with Gasteiger partial charge in [-0.1, -0.05) is 19.1 Å². The van der Waals surface area contributed by atoms with Crippen molar-refractivity contribution < 1.29 is 14.3 Å². The van der Waals surface area contributed by atoms with E-state index in [0.29, 0.717) is 24.3 Å². The van der Waals surface area contributed by atoms with Crippen LogP contribution in [0.5, 0.6) is 5.75 Å². The molecular weight excluding hydrogens is 266 g/mol. The van der Waals surface area contributed by atoms with Gasteiger partial charge < -0.3 is 9.47 Å². The molecular formula is C17H21NO3. The Labute approximate surface area is 125 Å². The number of Topliss-reactive ketones (excluding diaryl/α,β-unsaturated/α-hetero) is 1. The van der Waals surface area contributed by atoms with Crippen molar-refractivity contribution in [3.63, 3.8) is 0 Å². The van der Waals surface area contributed by atoms with Crippen molar-refractivity contribution in [2.24, 2.45) is 5.92 Å². The Kier molecular flexibility index (Phi) is 4.98. The molecule has 1 aromatic carbocycles. The molecule has 3 atom stereocenters.